The number of benzene rings is 1. The Morgan fingerprint density at radius 1 is 0.788 bits per heavy atom. The molecule has 0 heterocycles. The molecule has 2 bridgehead atoms. The Balaban J connectivity index is 1.30. The molecule has 5 unspecified atom stereocenters. The highest BCUT2D eigenvalue weighted by Crippen LogP contribution is 2.64. The minimum absolute atomic E-state index is 0.0316. The average Bonchev–Trinajstić information content (AvgIpc) is 2.83. The molecule has 5 atom stereocenters. The van der Waals surface area contributed by atoms with Crippen LogP contribution in [-0.2, 0) is 27.8 Å². The van der Waals surface area contributed by atoms with Crippen molar-refractivity contribution in [3.8, 4) is 5.75 Å². The van der Waals surface area contributed by atoms with Crippen LogP contribution in [0.2, 0.25) is 0 Å². The van der Waals surface area contributed by atoms with E-state index in [0.29, 0.717) is 47.8 Å². The lowest BCUT2D eigenvalue weighted by Gasteiger charge is -2.62. The molecule has 5 nitrogen and oxygen atoms in total. The molecule has 0 aliphatic heterocycles. The molecule has 0 radical (unpaired) electrons. The highest BCUT2D eigenvalue weighted by atomic mass is 32.2. The monoisotopic (exact) mass is 471 g/mol. The maximum atomic E-state index is 13.7. The third kappa shape index (κ3) is 3.67. The van der Waals surface area contributed by atoms with Crippen LogP contribution in [0.4, 0.5) is 0 Å². The molecule has 0 aromatic heterocycles. The van der Waals surface area contributed by atoms with Gasteiger partial charge in [0.15, 0.2) is 0 Å². The SMILES string of the molecule is O=C(Oc1ccc(S(=O)(=O)[O-])c2c1CCCC2)C1CC2C3CCCCC3C1C1CCCCC21. The summed E-state index contributed by atoms with van der Waals surface area (Å²) in [5.41, 5.74) is 1.34. The molecule has 5 fully saturated rings. The Morgan fingerprint density at radius 2 is 1.36 bits per heavy atom. The van der Waals surface area contributed by atoms with Gasteiger partial charge in [0.05, 0.1) is 10.8 Å². The highest BCUT2D eigenvalue weighted by Gasteiger charge is 2.59. The Bertz CT molecular complexity index is 1020. The van der Waals surface area contributed by atoms with Gasteiger partial charge >= 0.3 is 5.97 Å². The maximum absolute atomic E-state index is 13.7. The van der Waals surface area contributed by atoms with Crippen molar-refractivity contribution in [1.29, 1.82) is 0 Å². The molecule has 1 aromatic rings. The first kappa shape index (κ1) is 22.1. The summed E-state index contributed by atoms with van der Waals surface area (Å²) in [4.78, 5) is 13.5. The molecule has 6 aliphatic rings. The van der Waals surface area contributed by atoms with E-state index in [9.17, 15) is 17.8 Å². The van der Waals surface area contributed by atoms with Gasteiger partial charge in [0, 0.05) is 0 Å². The van der Waals surface area contributed by atoms with Crippen LogP contribution in [0.25, 0.3) is 0 Å². The predicted octanol–water partition coefficient (Wildman–Crippen LogP) is 5.25. The van der Waals surface area contributed by atoms with Crippen LogP contribution in [0, 0.1) is 41.4 Å². The molecule has 6 heteroatoms. The van der Waals surface area contributed by atoms with E-state index in [4.69, 9.17) is 4.74 Å². The fourth-order valence-electron chi connectivity index (χ4n) is 9.00. The molecule has 0 N–H and O–H groups in total. The van der Waals surface area contributed by atoms with Gasteiger partial charge in [-0.05, 0) is 117 Å². The Hall–Kier alpha value is -1.40. The fourth-order valence-corrected chi connectivity index (χ4v) is 9.76. The first-order valence-corrected chi connectivity index (χ1v) is 14.7. The lowest BCUT2D eigenvalue weighted by atomic mass is 9.42. The summed E-state index contributed by atoms with van der Waals surface area (Å²) in [6, 6.07) is 2.91. The quantitative estimate of drug-likeness (QED) is 0.341. The van der Waals surface area contributed by atoms with Gasteiger partial charge in [0.25, 0.3) is 0 Å². The third-order valence-corrected chi connectivity index (χ3v) is 11.0. The van der Waals surface area contributed by atoms with E-state index in [1.165, 1.54) is 57.4 Å². The summed E-state index contributed by atoms with van der Waals surface area (Å²) >= 11 is 0. The van der Waals surface area contributed by atoms with E-state index in [1.807, 2.05) is 0 Å². The smallest absolute Gasteiger partial charge is 0.314 e. The Labute approximate surface area is 197 Å². The summed E-state index contributed by atoms with van der Waals surface area (Å²) in [5.74, 6) is 4.44. The van der Waals surface area contributed by atoms with Crippen LogP contribution in [0.15, 0.2) is 17.0 Å². The van der Waals surface area contributed by atoms with Crippen LogP contribution >= 0.6 is 0 Å². The van der Waals surface area contributed by atoms with Crippen molar-refractivity contribution >= 4 is 16.1 Å². The zero-order valence-corrected chi connectivity index (χ0v) is 20.2. The largest absolute Gasteiger partial charge is 0.744 e. The minimum atomic E-state index is -4.53. The predicted molar refractivity (Wildman–Crippen MR) is 123 cm³/mol. The van der Waals surface area contributed by atoms with E-state index in [1.54, 1.807) is 6.07 Å². The zero-order valence-electron chi connectivity index (χ0n) is 19.3. The standard InChI is InChI=1S/C27H36O5S/c28-27(32-24-13-14-25(33(29,30)31)19-10-4-3-9-18(19)24)23-15-22-16-7-1-5-11-20(16)26(23)21-12-6-2-8-17(21)22/h13-14,16-17,20-23,26H,1-12,15H2,(H,29,30,31)/p-1. The van der Waals surface area contributed by atoms with E-state index >= 15 is 0 Å². The first-order valence-electron chi connectivity index (χ1n) is 13.3. The molecule has 5 saturated carbocycles. The highest BCUT2D eigenvalue weighted by molar-refractivity contribution is 7.85. The van der Waals surface area contributed by atoms with Crippen LogP contribution in [0.3, 0.4) is 0 Å². The van der Waals surface area contributed by atoms with Crippen molar-refractivity contribution in [2.24, 2.45) is 41.4 Å². The lowest BCUT2D eigenvalue weighted by molar-refractivity contribution is -0.171. The molecule has 6 aliphatic carbocycles. The number of rotatable bonds is 3. The average molecular weight is 472 g/mol. The number of carbonyl (C=O) groups excluding carboxylic acids is 1. The van der Waals surface area contributed by atoms with E-state index in [2.05, 4.69) is 0 Å². The van der Waals surface area contributed by atoms with Gasteiger partial charge in [-0.1, -0.05) is 25.7 Å². The van der Waals surface area contributed by atoms with Crippen molar-refractivity contribution in [3.05, 3.63) is 23.3 Å². The summed E-state index contributed by atoms with van der Waals surface area (Å²) in [5, 5.41) is 0. The van der Waals surface area contributed by atoms with Gasteiger partial charge < -0.3 is 9.29 Å². The second kappa shape index (κ2) is 8.37. The topological polar surface area (TPSA) is 83.5 Å². The molecule has 7 rings (SSSR count). The molecule has 0 saturated heterocycles. The lowest BCUT2D eigenvalue weighted by Crippen LogP contribution is -2.58. The van der Waals surface area contributed by atoms with Crippen molar-refractivity contribution < 1.29 is 22.5 Å². The first-order chi connectivity index (χ1) is 15.9. The molecule has 180 valence electrons. The summed E-state index contributed by atoms with van der Waals surface area (Å²) in [7, 11) is -4.53. The van der Waals surface area contributed by atoms with Gasteiger partial charge in [-0.2, -0.15) is 0 Å². The van der Waals surface area contributed by atoms with Gasteiger partial charge in [0.2, 0.25) is 0 Å². The van der Waals surface area contributed by atoms with E-state index < -0.39 is 10.1 Å². The number of esters is 1. The molecule has 0 amide bonds. The van der Waals surface area contributed by atoms with Crippen molar-refractivity contribution in [2.45, 2.75) is 88.4 Å². The Kier molecular flexibility index (Phi) is 5.60. The van der Waals surface area contributed by atoms with E-state index in [0.717, 1.165) is 36.7 Å². The van der Waals surface area contributed by atoms with E-state index in [-0.39, 0.29) is 16.8 Å². The van der Waals surface area contributed by atoms with Gasteiger partial charge in [-0.3, -0.25) is 4.79 Å². The molecule has 0 spiro atoms. The minimum Gasteiger partial charge on any atom is -0.744 e. The van der Waals surface area contributed by atoms with Crippen molar-refractivity contribution in [3.63, 3.8) is 0 Å². The van der Waals surface area contributed by atoms with Crippen LogP contribution < -0.4 is 4.74 Å². The number of ether oxygens (including phenoxy) is 1. The molecule has 33 heavy (non-hydrogen) atoms. The summed E-state index contributed by atoms with van der Waals surface area (Å²) in [6.07, 6.45) is 14.5. The van der Waals surface area contributed by atoms with Crippen LogP contribution in [0.1, 0.15) is 81.8 Å². The van der Waals surface area contributed by atoms with Crippen LogP contribution in [0.5, 0.6) is 5.75 Å². The second-order valence-electron chi connectivity index (χ2n) is 11.4. The summed E-state index contributed by atoms with van der Waals surface area (Å²) in [6.45, 7) is 0. The summed E-state index contributed by atoms with van der Waals surface area (Å²) < 4.78 is 41.4. The third-order valence-electron chi connectivity index (χ3n) is 10.1. The second-order valence-corrected chi connectivity index (χ2v) is 12.8. The molecule has 1 aromatic carbocycles. The number of carbonyl (C=O) groups is 1. The van der Waals surface area contributed by atoms with Crippen molar-refractivity contribution in [1.82, 2.24) is 0 Å². The molecular weight excluding hydrogens is 436 g/mol. The van der Waals surface area contributed by atoms with Gasteiger partial charge in [0.1, 0.15) is 15.9 Å². The van der Waals surface area contributed by atoms with Gasteiger partial charge in [-0.15, -0.1) is 0 Å². The molecular formula is C27H35O5S-. The number of hydrogen-bond donors (Lipinski definition) is 0. The van der Waals surface area contributed by atoms with Gasteiger partial charge in [-0.25, -0.2) is 8.42 Å². The number of hydrogen-bond acceptors (Lipinski definition) is 5. The van der Waals surface area contributed by atoms with Crippen molar-refractivity contribution in [2.75, 3.05) is 0 Å². The zero-order chi connectivity index (χ0) is 22.7. The normalized spacial score (nSPS) is 37.5. The van der Waals surface area contributed by atoms with Crippen LogP contribution in [-0.4, -0.2) is 18.9 Å². The maximum Gasteiger partial charge on any atom is 0.314 e. The number of fused-ring (bicyclic) bond motifs is 2. The fraction of sp³-hybridized carbons (Fsp3) is 0.741. The Morgan fingerprint density at radius 3 is 1.97 bits per heavy atom.